The third kappa shape index (κ3) is 3.91. The van der Waals surface area contributed by atoms with Gasteiger partial charge in [0.05, 0.1) is 12.8 Å². The van der Waals surface area contributed by atoms with Crippen LogP contribution in [-0.4, -0.2) is 25.6 Å². The van der Waals surface area contributed by atoms with Crippen LogP contribution in [0.2, 0.25) is 0 Å². The fraction of sp³-hybridized carbons (Fsp3) is 0.462. The normalized spacial score (nSPS) is 11.8. The van der Waals surface area contributed by atoms with Gasteiger partial charge in [0.2, 0.25) is 5.91 Å². The van der Waals surface area contributed by atoms with Gasteiger partial charge in [0.25, 0.3) is 0 Å². The summed E-state index contributed by atoms with van der Waals surface area (Å²) in [4.78, 5) is 11.7. The van der Waals surface area contributed by atoms with E-state index in [4.69, 9.17) is 4.74 Å². The molecule has 0 saturated carbocycles. The molecular formula is C13H19FN2O2. The largest absolute Gasteiger partial charge is 0.494 e. The Hall–Kier alpha value is -1.78. The highest BCUT2D eigenvalue weighted by atomic mass is 19.1. The van der Waals surface area contributed by atoms with Crippen molar-refractivity contribution >= 4 is 11.6 Å². The maximum atomic E-state index is 13.0. The van der Waals surface area contributed by atoms with Gasteiger partial charge in [-0.1, -0.05) is 6.92 Å². The van der Waals surface area contributed by atoms with Crippen molar-refractivity contribution < 1.29 is 13.9 Å². The van der Waals surface area contributed by atoms with Crippen LogP contribution < -0.4 is 15.4 Å². The number of carbonyl (C=O) groups is 1. The SMILES string of the molecule is CCCNC(=O)C(C)Nc1ccc(F)cc1OC. The van der Waals surface area contributed by atoms with Crippen molar-refractivity contribution in [1.29, 1.82) is 0 Å². The summed E-state index contributed by atoms with van der Waals surface area (Å²) in [7, 11) is 1.46. The summed E-state index contributed by atoms with van der Waals surface area (Å²) in [6.45, 7) is 4.38. The zero-order valence-corrected chi connectivity index (χ0v) is 10.9. The molecule has 0 radical (unpaired) electrons. The molecule has 0 aliphatic rings. The van der Waals surface area contributed by atoms with E-state index in [-0.39, 0.29) is 11.7 Å². The van der Waals surface area contributed by atoms with Crippen molar-refractivity contribution in [3.8, 4) is 5.75 Å². The van der Waals surface area contributed by atoms with Gasteiger partial charge in [0, 0.05) is 12.6 Å². The number of hydrogen-bond acceptors (Lipinski definition) is 3. The zero-order chi connectivity index (χ0) is 13.5. The van der Waals surface area contributed by atoms with Crippen LogP contribution in [0.1, 0.15) is 20.3 Å². The number of nitrogens with one attached hydrogen (secondary N) is 2. The van der Waals surface area contributed by atoms with E-state index < -0.39 is 6.04 Å². The Morgan fingerprint density at radius 3 is 2.83 bits per heavy atom. The molecule has 1 unspecified atom stereocenters. The van der Waals surface area contributed by atoms with Gasteiger partial charge < -0.3 is 15.4 Å². The third-order valence-corrected chi connectivity index (χ3v) is 2.48. The minimum Gasteiger partial charge on any atom is -0.494 e. The molecule has 1 amide bonds. The molecule has 4 nitrogen and oxygen atoms in total. The van der Waals surface area contributed by atoms with E-state index >= 15 is 0 Å². The summed E-state index contributed by atoms with van der Waals surface area (Å²) in [6, 6.07) is 3.74. The summed E-state index contributed by atoms with van der Waals surface area (Å²) < 4.78 is 18.1. The van der Waals surface area contributed by atoms with Crippen LogP contribution >= 0.6 is 0 Å². The number of ether oxygens (including phenoxy) is 1. The lowest BCUT2D eigenvalue weighted by Crippen LogP contribution is -2.37. The number of methoxy groups -OCH3 is 1. The van der Waals surface area contributed by atoms with E-state index in [1.54, 1.807) is 13.0 Å². The molecule has 0 aliphatic carbocycles. The lowest BCUT2D eigenvalue weighted by Gasteiger charge is -2.17. The van der Waals surface area contributed by atoms with E-state index in [0.29, 0.717) is 18.0 Å². The highest BCUT2D eigenvalue weighted by Gasteiger charge is 2.14. The molecule has 18 heavy (non-hydrogen) atoms. The quantitative estimate of drug-likeness (QED) is 0.818. The molecule has 0 saturated heterocycles. The number of carbonyl (C=O) groups excluding carboxylic acids is 1. The number of hydrogen-bond donors (Lipinski definition) is 2. The van der Waals surface area contributed by atoms with Crippen LogP contribution in [0.25, 0.3) is 0 Å². The average Bonchev–Trinajstić information content (AvgIpc) is 2.37. The second-order valence-corrected chi connectivity index (χ2v) is 4.00. The number of anilines is 1. The molecule has 5 heteroatoms. The van der Waals surface area contributed by atoms with Crippen LogP contribution in [0.5, 0.6) is 5.75 Å². The van der Waals surface area contributed by atoms with E-state index in [1.165, 1.54) is 19.2 Å². The maximum absolute atomic E-state index is 13.0. The Morgan fingerprint density at radius 2 is 2.22 bits per heavy atom. The van der Waals surface area contributed by atoms with Crippen LogP contribution in [0.3, 0.4) is 0 Å². The van der Waals surface area contributed by atoms with Gasteiger partial charge in [-0.3, -0.25) is 4.79 Å². The summed E-state index contributed by atoms with van der Waals surface area (Å²) in [5.41, 5.74) is 0.595. The molecule has 100 valence electrons. The Kier molecular flexibility index (Phi) is 5.42. The first kappa shape index (κ1) is 14.3. The Morgan fingerprint density at radius 1 is 1.50 bits per heavy atom. The van der Waals surface area contributed by atoms with Crippen LogP contribution in [-0.2, 0) is 4.79 Å². The smallest absolute Gasteiger partial charge is 0.242 e. The lowest BCUT2D eigenvalue weighted by atomic mass is 10.2. The summed E-state index contributed by atoms with van der Waals surface area (Å²) >= 11 is 0. The molecule has 1 aromatic carbocycles. The van der Waals surface area contributed by atoms with E-state index in [2.05, 4.69) is 10.6 Å². The predicted molar refractivity (Wildman–Crippen MR) is 69.3 cm³/mol. The fourth-order valence-electron chi connectivity index (χ4n) is 1.48. The van der Waals surface area contributed by atoms with Crippen molar-refractivity contribution in [2.24, 2.45) is 0 Å². The maximum Gasteiger partial charge on any atom is 0.242 e. The molecule has 1 atom stereocenters. The number of benzene rings is 1. The molecule has 0 heterocycles. The van der Waals surface area contributed by atoms with Gasteiger partial charge in [-0.2, -0.15) is 0 Å². The summed E-state index contributed by atoms with van der Waals surface area (Å²) in [5, 5.41) is 5.78. The van der Waals surface area contributed by atoms with Gasteiger partial charge in [0.1, 0.15) is 17.6 Å². The van der Waals surface area contributed by atoms with Crippen molar-refractivity contribution in [3.63, 3.8) is 0 Å². The van der Waals surface area contributed by atoms with Crippen LogP contribution in [0.4, 0.5) is 10.1 Å². The van der Waals surface area contributed by atoms with Crippen molar-refractivity contribution in [3.05, 3.63) is 24.0 Å². The highest BCUT2D eigenvalue weighted by Crippen LogP contribution is 2.25. The van der Waals surface area contributed by atoms with Gasteiger partial charge >= 0.3 is 0 Å². The molecule has 0 aliphatic heterocycles. The van der Waals surface area contributed by atoms with Gasteiger partial charge in [-0.15, -0.1) is 0 Å². The summed E-state index contributed by atoms with van der Waals surface area (Å²) in [5.74, 6) is -0.0890. The average molecular weight is 254 g/mol. The Balaban J connectivity index is 2.69. The first-order chi connectivity index (χ1) is 8.58. The number of rotatable bonds is 6. The second kappa shape index (κ2) is 6.83. The number of amides is 1. The molecule has 0 bridgehead atoms. The topological polar surface area (TPSA) is 50.4 Å². The Bertz CT molecular complexity index is 410. The molecular weight excluding hydrogens is 235 g/mol. The van der Waals surface area contributed by atoms with Gasteiger partial charge in [-0.25, -0.2) is 4.39 Å². The molecule has 0 fully saturated rings. The minimum atomic E-state index is -0.407. The molecule has 0 spiro atoms. The van der Waals surface area contributed by atoms with E-state index in [9.17, 15) is 9.18 Å². The van der Waals surface area contributed by atoms with Gasteiger partial charge in [0.15, 0.2) is 0 Å². The zero-order valence-electron chi connectivity index (χ0n) is 10.9. The van der Waals surface area contributed by atoms with Crippen molar-refractivity contribution in [2.45, 2.75) is 26.3 Å². The van der Waals surface area contributed by atoms with Crippen LogP contribution in [0, 0.1) is 5.82 Å². The first-order valence-corrected chi connectivity index (χ1v) is 5.96. The highest BCUT2D eigenvalue weighted by molar-refractivity contribution is 5.84. The molecule has 0 aromatic heterocycles. The molecule has 2 N–H and O–H groups in total. The fourth-order valence-corrected chi connectivity index (χ4v) is 1.48. The number of halogens is 1. The van der Waals surface area contributed by atoms with Crippen LogP contribution in [0.15, 0.2) is 18.2 Å². The van der Waals surface area contributed by atoms with Crippen molar-refractivity contribution in [2.75, 3.05) is 19.0 Å². The summed E-state index contributed by atoms with van der Waals surface area (Å²) in [6.07, 6.45) is 0.887. The predicted octanol–water partition coefficient (Wildman–Crippen LogP) is 2.16. The molecule has 1 rings (SSSR count). The van der Waals surface area contributed by atoms with Crippen molar-refractivity contribution in [1.82, 2.24) is 5.32 Å². The third-order valence-electron chi connectivity index (χ3n) is 2.48. The monoisotopic (exact) mass is 254 g/mol. The van der Waals surface area contributed by atoms with E-state index in [1.807, 2.05) is 6.92 Å². The first-order valence-electron chi connectivity index (χ1n) is 5.96. The molecule has 1 aromatic rings. The second-order valence-electron chi connectivity index (χ2n) is 4.00. The lowest BCUT2D eigenvalue weighted by molar-refractivity contribution is -0.121. The minimum absolute atomic E-state index is 0.0942. The standard InChI is InChI=1S/C13H19FN2O2/c1-4-7-15-13(17)9(2)16-11-6-5-10(14)8-12(11)18-3/h5-6,8-9,16H,4,7H2,1-3H3,(H,15,17). The van der Waals surface area contributed by atoms with E-state index in [0.717, 1.165) is 6.42 Å². The Labute approximate surface area is 107 Å². The van der Waals surface area contributed by atoms with Gasteiger partial charge in [-0.05, 0) is 25.5 Å².